The molecule has 94 valence electrons. The summed E-state index contributed by atoms with van der Waals surface area (Å²) in [6.45, 7) is 1.75. The van der Waals surface area contributed by atoms with Crippen LogP contribution in [0.5, 0.6) is 0 Å². The molecule has 0 saturated heterocycles. The van der Waals surface area contributed by atoms with Crippen molar-refractivity contribution in [1.82, 2.24) is 5.32 Å². The topological polar surface area (TPSA) is 49.3 Å². The number of carbonyl (C=O) groups is 1. The first kappa shape index (κ1) is 13.6. The number of rotatable bonds is 5. The third-order valence-electron chi connectivity index (χ3n) is 2.33. The molecule has 0 aliphatic heterocycles. The minimum atomic E-state index is -0.884. The molecule has 0 unspecified atom stereocenters. The summed E-state index contributed by atoms with van der Waals surface area (Å²) >= 11 is 0. The van der Waals surface area contributed by atoms with Crippen molar-refractivity contribution in [3.8, 4) is 0 Å². The fraction of sp³-hybridized carbons (Fsp3) is 0.417. The van der Waals surface area contributed by atoms with Crippen molar-refractivity contribution in [1.29, 1.82) is 0 Å². The monoisotopic (exact) mass is 243 g/mol. The van der Waals surface area contributed by atoms with Gasteiger partial charge in [-0.2, -0.15) is 0 Å². The Kier molecular flexibility index (Phi) is 5.03. The fourth-order valence-electron chi connectivity index (χ4n) is 1.37. The molecule has 0 saturated carbocycles. The molecule has 17 heavy (non-hydrogen) atoms. The summed E-state index contributed by atoms with van der Waals surface area (Å²) < 4.78 is 25.9. The number of hydrogen-bond acceptors (Lipinski definition) is 2. The highest BCUT2D eigenvalue weighted by Crippen LogP contribution is 2.11. The molecule has 5 heteroatoms. The van der Waals surface area contributed by atoms with E-state index in [2.05, 4.69) is 5.32 Å². The number of aliphatic hydroxyl groups is 1. The highest BCUT2D eigenvalue weighted by molar-refractivity contribution is 5.75. The van der Waals surface area contributed by atoms with Gasteiger partial charge in [0, 0.05) is 25.5 Å². The Morgan fingerprint density at radius 2 is 2.18 bits per heavy atom. The van der Waals surface area contributed by atoms with E-state index in [4.69, 9.17) is 0 Å². The van der Waals surface area contributed by atoms with Crippen molar-refractivity contribution in [3.05, 3.63) is 35.4 Å². The van der Waals surface area contributed by atoms with E-state index in [0.717, 1.165) is 12.1 Å². The second-order valence-electron chi connectivity index (χ2n) is 3.75. The van der Waals surface area contributed by atoms with Gasteiger partial charge in [-0.3, -0.25) is 4.79 Å². The molecule has 0 heterocycles. The first-order valence-corrected chi connectivity index (χ1v) is 5.41. The van der Waals surface area contributed by atoms with Crippen molar-refractivity contribution in [2.24, 2.45) is 0 Å². The number of hydrogen-bond donors (Lipinski definition) is 2. The Hall–Kier alpha value is -1.49. The summed E-state index contributed by atoms with van der Waals surface area (Å²) in [7, 11) is 0. The number of halogens is 2. The van der Waals surface area contributed by atoms with Gasteiger partial charge in [0.15, 0.2) is 0 Å². The molecule has 0 bridgehead atoms. The lowest BCUT2D eigenvalue weighted by atomic mass is 10.1. The van der Waals surface area contributed by atoms with E-state index in [1.165, 1.54) is 6.07 Å². The predicted octanol–water partition coefficient (Wildman–Crippen LogP) is 1.39. The number of benzene rings is 1. The maximum Gasteiger partial charge on any atom is 0.219 e. The Balaban J connectivity index is 2.50. The van der Waals surface area contributed by atoms with Crippen LogP contribution in [-0.2, 0) is 11.2 Å². The van der Waals surface area contributed by atoms with Crippen molar-refractivity contribution in [3.63, 3.8) is 0 Å². The maximum atomic E-state index is 13.2. The molecule has 2 N–H and O–H groups in total. The summed E-state index contributed by atoms with van der Waals surface area (Å²) in [5.41, 5.74) is 0.227. The lowest BCUT2D eigenvalue weighted by Gasteiger charge is -2.12. The van der Waals surface area contributed by atoms with E-state index >= 15 is 0 Å². The first-order valence-electron chi connectivity index (χ1n) is 5.41. The van der Waals surface area contributed by atoms with Crippen LogP contribution < -0.4 is 5.32 Å². The normalized spacial score (nSPS) is 12.2. The molecule has 0 spiro atoms. The van der Waals surface area contributed by atoms with Crippen LogP contribution >= 0.6 is 0 Å². The molecule has 1 atom stereocenters. The van der Waals surface area contributed by atoms with Crippen LogP contribution in [0.15, 0.2) is 18.2 Å². The summed E-state index contributed by atoms with van der Waals surface area (Å²) in [5.74, 6) is -1.52. The molecule has 1 aromatic rings. The molecule has 3 nitrogen and oxygen atoms in total. The van der Waals surface area contributed by atoms with E-state index in [9.17, 15) is 18.7 Å². The van der Waals surface area contributed by atoms with Gasteiger partial charge in [0.25, 0.3) is 0 Å². The molecular formula is C12H15F2NO2. The molecule has 0 radical (unpaired) electrons. The summed E-state index contributed by atoms with van der Waals surface area (Å²) in [6.07, 6.45) is -0.515. The van der Waals surface area contributed by atoms with Crippen LogP contribution in [0, 0.1) is 11.6 Å². The Morgan fingerprint density at radius 3 is 2.76 bits per heavy atom. The lowest BCUT2D eigenvalue weighted by molar-refractivity contribution is -0.121. The van der Waals surface area contributed by atoms with Gasteiger partial charge in [-0.05, 0) is 11.6 Å². The van der Waals surface area contributed by atoms with Crippen molar-refractivity contribution in [2.75, 3.05) is 6.54 Å². The molecule has 0 aliphatic rings. The van der Waals surface area contributed by atoms with Crippen molar-refractivity contribution in [2.45, 2.75) is 25.9 Å². The van der Waals surface area contributed by atoms with E-state index in [0.29, 0.717) is 6.42 Å². The Morgan fingerprint density at radius 1 is 1.47 bits per heavy atom. The second-order valence-corrected chi connectivity index (χ2v) is 3.75. The largest absolute Gasteiger partial charge is 0.391 e. The average molecular weight is 243 g/mol. The maximum absolute atomic E-state index is 13.2. The van der Waals surface area contributed by atoms with Crippen molar-refractivity contribution >= 4 is 5.91 Å². The number of nitrogens with one attached hydrogen (secondary N) is 1. The standard InChI is InChI=1S/C12H15F2NO2/c1-2-12(17)15-7-10(16)5-8-3-4-9(13)6-11(8)14/h3-4,6,10,16H,2,5,7H2,1H3,(H,15,17)/t10-/m0/s1. The van der Waals surface area contributed by atoms with Gasteiger partial charge >= 0.3 is 0 Å². The minimum Gasteiger partial charge on any atom is -0.391 e. The third-order valence-corrected chi connectivity index (χ3v) is 2.33. The van der Waals surface area contributed by atoms with Crippen LogP contribution in [0.4, 0.5) is 8.78 Å². The number of amides is 1. The van der Waals surface area contributed by atoms with Crippen LogP contribution in [0.1, 0.15) is 18.9 Å². The van der Waals surface area contributed by atoms with Gasteiger partial charge < -0.3 is 10.4 Å². The zero-order valence-electron chi connectivity index (χ0n) is 9.54. The SMILES string of the molecule is CCC(=O)NC[C@@H](O)Cc1ccc(F)cc1F. The van der Waals surface area contributed by atoms with Gasteiger partial charge in [-0.1, -0.05) is 13.0 Å². The zero-order chi connectivity index (χ0) is 12.8. The third kappa shape index (κ3) is 4.48. The van der Waals surface area contributed by atoms with E-state index in [1.807, 2.05) is 0 Å². The number of aliphatic hydroxyl groups excluding tert-OH is 1. The van der Waals surface area contributed by atoms with Crippen LogP contribution in [-0.4, -0.2) is 23.7 Å². The van der Waals surface area contributed by atoms with Gasteiger partial charge in [-0.25, -0.2) is 8.78 Å². The van der Waals surface area contributed by atoms with Crippen LogP contribution in [0.2, 0.25) is 0 Å². The molecule has 0 fully saturated rings. The molecule has 1 aromatic carbocycles. The van der Waals surface area contributed by atoms with Gasteiger partial charge in [0.2, 0.25) is 5.91 Å². The predicted molar refractivity (Wildman–Crippen MR) is 59.4 cm³/mol. The summed E-state index contributed by atoms with van der Waals surface area (Å²) in [5, 5.41) is 12.1. The summed E-state index contributed by atoms with van der Waals surface area (Å²) in [4.78, 5) is 10.9. The average Bonchev–Trinajstić information content (AvgIpc) is 2.29. The van der Waals surface area contributed by atoms with Crippen LogP contribution in [0.3, 0.4) is 0 Å². The van der Waals surface area contributed by atoms with E-state index in [1.54, 1.807) is 6.92 Å². The molecule has 0 aromatic heterocycles. The second kappa shape index (κ2) is 6.30. The molecule has 1 rings (SSSR count). The van der Waals surface area contributed by atoms with Gasteiger partial charge in [0.05, 0.1) is 6.10 Å². The Labute approximate surface area is 98.5 Å². The Bertz CT molecular complexity index is 396. The highest BCUT2D eigenvalue weighted by atomic mass is 19.1. The quantitative estimate of drug-likeness (QED) is 0.821. The van der Waals surface area contributed by atoms with Crippen molar-refractivity contribution < 1.29 is 18.7 Å². The smallest absolute Gasteiger partial charge is 0.219 e. The zero-order valence-corrected chi connectivity index (χ0v) is 9.54. The molecule has 1 amide bonds. The fourth-order valence-corrected chi connectivity index (χ4v) is 1.37. The van der Waals surface area contributed by atoms with E-state index in [-0.39, 0.29) is 24.4 Å². The minimum absolute atomic E-state index is 0.0378. The highest BCUT2D eigenvalue weighted by Gasteiger charge is 2.11. The number of carbonyl (C=O) groups excluding carboxylic acids is 1. The lowest BCUT2D eigenvalue weighted by Crippen LogP contribution is -2.32. The van der Waals surface area contributed by atoms with E-state index < -0.39 is 17.7 Å². The van der Waals surface area contributed by atoms with Gasteiger partial charge in [-0.15, -0.1) is 0 Å². The summed E-state index contributed by atoms with van der Waals surface area (Å²) in [6, 6.07) is 3.19. The van der Waals surface area contributed by atoms with Crippen LogP contribution in [0.25, 0.3) is 0 Å². The first-order chi connectivity index (χ1) is 8.02. The molecule has 0 aliphatic carbocycles. The van der Waals surface area contributed by atoms with Gasteiger partial charge in [0.1, 0.15) is 11.6 Å². The molecular weight excluding hydrogens is 228 g/mol.